The van der Waals surface area contributed by atoms with Crippen LogP contribution in [0.25, 0.3) is 0 Å². The fourth-order valence-corrected chi connectivity index (χ4v) is 1.52. The zero-order chi connectivity index (χ0) is 17.3. The summed E-state index contributed by atoms with van der Waals surface area (Å²) in [6.07, 6.45) is 1.58. The predicted octanol–water partition coefficient (Wildman–Crippen LogP) is 2.35. The maximum atomic E-state index is 12.1. The summed E-state index contributed by atoms with van der Waals surface area (Å²) in [5.41, 5.74) is -0.656. The van der Waals surface area contributed by atoms with Gasteiger partial charge in [0.05, 0.1) is 12.3 Å². The molecule has 0 fully saturated rings. The van der Waals surface area contributed by atoms with Gasteiger partial charge >= 0.3 is 19.3 Å². The normalized spacial score (nSPS) is 10.8. The van der Waals surface area contributed by atoms with E-state index in [-0.39, 0.29) is 25.7 Å². The first-order valence-corrected chi connectivity index (χ1v) is 9.67. The van der Waals surface area contributed by atoms with Crippen LogP contribution in [0.1, 0.15) is 17.4 Å². The minimum Gasteiger partial charge on any atom is -0.503 e. The molecule has 22 heavy (non-hydrogen) atoms. The Bertz CT molecular complexity index is 585. The fraction of sp³-hybridized carbons (Fsp3) is 0.250. The molecule has 1 N–H and O–H groups in total. The molecule has 1 aromatic heterocycles. The molecule has 0 atom stereocenters. The molecule has 0 saturated heterocycles. The molecule has 0 aliphatic heterocycles. The van der Waals surface area contributed by atoms with Crippen LogP contribution in [-0.2, 0) is 21.4 Å². The highest BCUT2D eigenvalue weighted by Crippen LogP contribution is 2.15. The van der Waals surface area contributed by atoms with E-state index in [0.717, 1.165) is 0 Å². The van der Waals surface area contributed by atoms with E-state index < -0.39 is 28.3 Å². The van der Waals surface area contributed by atoms with E-state index in [1.807, 2.05) is 0 Å². The van der Waals surface area contributed by atoms with Crippen LogP contribution >= 0.6 is 31.7 Å². The number of esters is 1. The van der Waals surface area contributed by atoms with Crippen molar-refractivity contribution in [3.63, 3.8) is 0 Å². The Morgan fingerprint density at radius 1 is 1.36 bits per heavy atom. The Balaban J connectivity index is 0.00000135. The molecule has 0 saturated carbocycles. The number of ether oxygens (including phenoxy) is 1. The van der Waals surface area contributed by atoms with Crippen LogP contribution in [-0.4, -0.2) is 46.7 Å². The third-order valence-electron chi connectivity index (χ3n) is 2.31. The van der Waals surface area contributed by atoms with Gasteiger partial charge in [-0.1, -0.05) is 0 Å². The van der Waals surface area contributed by atoms with Gasteiger partial charge in [-0.3, -0.25) is 9.59 Å². The lowest BCUT2D eigenvalue weighted by Gasteiger charge is -2.08. The van der Waals surface area contributed by atoms with Gasteiger partial charge in [0, 0.05) is 13.2 Å². The average molecular weight is 384 g/mol. The molecule has 1 aromatic rings. The molecule has 0 aliphatic rings. The lowest BCUT2D eigenvalue weighted by atomic mass is 10.1. The monoisotopic (exact) mass is 382 g/mol. The van der Waals surface area contributed by atoms with E-state index in [1.165, 1.54) is 17.6 Å². The molecule has 0 aromatic carbocycles. The van der Waals surface area contributed by atoms with Gasteiger partial charge < -0.3 is 14.4 Å². The number of aryl methyl sites for hydroxylation is 1. The van der Waals surface area contributed by atoms with Crippen molar-refractivity contribution in [3.05, 3.63) is 35.4 Å². The number of Topliss-reactive ketones (excluding diaryl/α,β-unsaturated/α-hetero) is 1. The molecule has 0 bridgehead atoms. The lowest BCUT2D eigenvalue weighted by molar-refractivity contribution is -0.138. The zero-order valence-corrected chi connectivity index (χ0v) is 15.1. The highest BCUT2D eigenvalue weighted by Gasteiger charge is 2.29. The first kappa shape index (κ1) is 21.0. The number of aromatic nitrogens is 1. The molecule has 0 spiro atoms. The average Bonchev–Trinajstić information content (AvgIpc) is 2.86. The van der Waals surface area contributed by atoms with Crippen LogP contribution < -0.4 is 0 Å². The van der Waals surface area contributed by atoms with Crippen molar-refractivity contribution in [2.24, 2.45) is 7.05 Å². The fourth-order valence-electron chi connectivity index (χ4n) is 1.42. The smallest absolute Gasteiger partial charge is 0.495 e. The van der Waals surface area contributed by atoms with Crippen molar-refractivity contribution >= 4 is 62.1 Å². The number of hydrogen-bond donors (Lipinski definition) is 1. The van der Waals surface area contributed by atoms with Gasteiger partial charge in [0.15, 0.2) is 11.3 Å². The Kier molecular flexibility index (Phi) is 10.2. The van der Waals surface area contributed by atoms with E-state index in [0.29, 0.717) is 0 Å². The van der Waals surface area contributed by atoms with Gasteiger partial charge in [0.2, 0.25) is 5.78 Å². The number of carbonyl (C=O) groups excluding carboxylic acids is 3. The Morgan fingerprint density at radius 2 is 1.91 bits per heavy atom. The van der Waals surface area contributed by atoms with Gasteiger partial charge in [0.25, 0.3) is 5.24 Å². The summed E-state index contributed by atoms with van der Waals surface area (Å²) in [5, 5.41) is 8.21. The standard InChI is InChI=1S/C12H12ClNO5.Al.2ClH/c1-3-19-12(18)8(10(16)11(13)17)9(15)7-5-4-6-14(7)2;;;/h4-6,16H,3H2,1-2H3;;2*1H/q;+2;;/p-2/b10-8+;;;. The minimum atomic E-state index is -1.30. The third kappa shape index (κ3) is 6.03. The number of nitrogens with zero attached hydrogens (tertiary/aromatic N) is 1. The Morgan fingerprint density at radius 3 is 2.27 bits per heavy atom. The molecule has 0 aliphatic carbocycles. The summed E-state index contributed by atoms with van der Waals surface area (Å²) in [4.78, 5) is 34.7. The van der Waals surface area contributed by atoms with Crippen molar-refractivity contribution in [2.75, 3.05) is 6.61 Å². The summed E-state index contributed by atoms with van der Waals surface area (Å²) >= 11 is 4.79. The second-order valence-corrected chi connectivity index (χ2v) is 6.12. The second kappa shape index (κ2) is 10.7. The molecular weight excluding hydrogens is 371 g/mol. The lowest BCUT2D eigenvalue weighted by Crippen LogP contribution is -2.21. The number of allylic oxidation sites excluding steroid dienone is 1. The van der Waals surface area contributed by atoms with E-state index in [9.17, 15) is 19.5 Å². The molecule has 6 nitrogen and oxygen atoms in total. The number of aliphatic hydroxyl groups excluding tert-OH is 1. The number of halogens is 3. The van der Waals surface area contributed by atoms with Crippen LogP contribution in [0.4, 0.5) is 0 Å². The van der Waals surface area contributed by atoms with Crippen LogP contribution in [0.5, 0.6) is 0 Å². The first-order chi connectivity index (χ1) is 10.3. The van der Waals surface area contributed by atoms with Gasteiger partial charge in [-0.15, -0.1) is 0 Å². The van der Waals surface area contributed by atoms with Crippen molar-refractivity contribution in [2.45, 2.75) is 6.92 Å². The number of carbonyl (C=O) groups is 3. The molecule has 119 valence electrons. The number of aliphatic hydroxyl groups is 1. The van der Waals surface area contributed by atoms with Gasteiger partial charge in [-0.25, -0.2) is 24.9 Å². The molecule has 10 heteroatoms. The SMILES string of the molecule is CCOC(=O)/C(C(=O)c1cccn1C)=C(/O)C(=O)Cl.[Cl][Al][Cl]. The van der Waals surface area contributed by atoms with Crippen molar-refractivity contribution in [1.82, 2.24) is 4.57 Å². The first-order valence-electron chi connectivity index (χ1n) is 5.80. The predicted molar refractivity (Wildman–Crippen MR) is 84.4 cm³/mol. The van der Waals surface area contributed by atoms with Crippen LogP contribution in [0, 0.1) is 0 Å². The topological polar surface area (TPSA) is 85.6 Å². The summed E-state index contributed by atoms with van der Waals surface area (Å²) in [7, 11) is 11.3. The Labute approximate surface area is 146 Å². The molecule has 0 unspecified atom stereocenters. The van der Waals surface area contributed by atoms with E-state index in [2.05, 4.69) is 4.74 Å². The molecule has 1 rings (SSSR count). The van der Waals surface area contributed by atoms with Crippen LogP contribution in [0.2, 0.25) is 0 Å². The minimum absolute atomic E-state index is 0.00743. The van der Waals surface area contributed by atoms with Crippen LogP contribution in [0.3, 0.4) is 0 Å². The Hall–Kier alpha value is -0.968. The second-order valence-electron chi connectivity index (χ2n) is 3.63. The molecule has 1 heterocycles. The molecule has 1 radical (unpaired) electrons. The van der Waals surface area contributed by atoms with E-state index in [1.54, 1.807) is 19.3 Å². The number of ketones is 1. The molecular formula is C12H12AlCl3NO5. The number of hydrogen-bond acceptors (Lipinski definition) is 5. The summed E-state index contributed by atoms with van der Waals surface area (Å²) < 4.78 is 6.07. The van der Waals surface area contributed by atoms with E-state index >= 15 is 0 Å². The summed E-state index contributed by atoms with van der Waals surface area (Å²) in [6.45, 7) is 1.52. The highest BCUT2D eigenvalue weighted by molar-refractivity contribution is 7.22. The highest BCUT2D eigenvalue weighted by atomic mass is 35.7. The summed E-state index contributed by atoms with van der Waals surface area (Å²) in [6, 6.07) is 3.02. The molecule has 0 amide bonds. The maximum Gasteiger partial charge on any atom is 0.495 e. The largest absolute Gasteiger partial charge is 0.503 e. The van der Waals surface area contributed by atoms with Gasteiger partial charge in [-0.2, -0.15) is 0 Å². The van der Waals surface area contributed by atoms with E-state index in [4.69, 9.17) is 31.7 Å². The third-order valence-corrected chi connectivity index (χ3v) is 2.49. The van der Waals surface area contributed by atoms with Crippen molar-refractivity contribution < 1.29 is 24.2 Å². The maximum absolute atomic E-state index is 12.1. The van der Waals surface area contributed by atoms with Gasteiger partial charge in [-0.05, 0) is 30.7 Å². The summed E-state index contributed by atoms with van der Waals surface area (Å²) in [5.74, 6) is -3.05. The quantitative estimate of drug-likeness (QED) is 0.123. The van der Waals surface area contributed by atoms with Gasteiger partial charge in [0.1, 0.15) is 0 Å². The van der Waals surface area contributed by atoms with Crippen molar-refractivity contribution in [1.29, 1.82) is 0 Å². The number of rotatable bonds is 5. The zero-order valence-electron chi connectivity index (χ0n) is 11.7. The van der Waals surface area contributed by atoms with Crippen LogP contribution in [0.15, 0.2) is 29.7 Å². The van der Waals surface area contributed by atoms with Crippen molar-refractivity contribution in [3.8, 4) is 0 Å².